The Labute approximate surface area is 111 Å². The molecule has 0 unspecified atom stereocenters. The zero-order valence-corrected chi connectivity index (χ0v) is 11.7. The highest BCUT2D eigenvalue weighted by molar-refractivity contribution is 7.89. The highest BCUT2D eigenvalue weighted by atomic mass is 32.2. The Hall–Kier alpha value is -1.80. The van der Waals surface area contributed by atoms with Gasteiger partial charge < -0.3 is 15.2 Å². The minimum absolute atomic E-state index is 0.123. The minimum atomic E-state index is -3.90. The standard InChI is InChI=1S/C11H16N2O5S/c1-7-4-9(17-2)10(5-8(7)12)19(15,16)13-6-11(14)18-3/h4-5,13H,6,12H2,1-3H3. The van der Waals surface area contributed by atoms with Gasteiger partial charge in [-0.1, -0.05) is 0 Å². The van der Waals surface area contributed by atoms with Gasteiger partial charge in [0.15, 0.2) is 0 Å². The molecule has 0 radical (unpaired) electrons. The number of carbonyl (C=O) groups excluding carboxylic acids is 1. The SMILES string of the molecule is COC(=O)CNS(=O)(=O)c1cc(N)c(C)cc1OC. The van der Waals surface area contributed by atoms with Gasteiger partial charge in [0.2, 0.25) is 10.0 Å². The van der Waals surface area contributed by atoms with Crippen LogP contribution in [-0.2, 0) is 19.6 Å². The van der Waals surface area contributed by atoms with Crippen molar-refractivity contribution in [1.82, 2.24) is 4.72 Å². The number of hydrogen-bond donors (Lipinski definition) is 2. The van der Waals surface area contributed by atoms with Crippen LogP contribution in [0.15, 0.2) is 17.0 Å². The van der Waals surface area contributed by atoms with E-state index in [4.69, 9.17) is 10.5 Å². The zero-order chi connectivity index (χ0) is 14.6. The third kappa shape index (κ3) is 3.58. The van der Waals surface area contributed by atoms with E-state index in [1.54, 1.807) is 6.92 Å². The number of sulfonamides is 1. The second kappa shape index (κ2) is 5.89. The van der Waals surface area contributed by atoms with Crippen molar-refractivity contribution in [3.8, 4) is 5.75 Å². The Balaban J connectivity index is 3.13. The average molecular weight is 288 g/mol. The van der Waals surface area contributed by atoms with Crippen LogP contribution in [0.5, 0.6) is 5.75 Å². The summed E-state index contributed by atoms with van der Waals surface area (Å²) >= 11 is 0. The second-order valence-electron chi connectivity index (χ2n) is 3.76. The lowest BCUT2D eigenvalue weighted by molar-refractivity contribution is -0.139. The summed E-state index contributed by atoms with van der Waals surface area (Å²) in [7, 11) is -1.38. The maximum Gasteiger partial charge on any atom is 0.320 e. The molecule has 8 heteroatoms. The number of aryl methyl sites for hydroxylation is 1. The first-order valence-electron chi connectivity index (χ1n) is 5.32. The molecule has 0 bridgehead atoms. The normalized spacial score (nSPS) is 11.1. The van der Waals surface area contributed by atoms with Crippen LogP contribution >= 0.6 is 0 Å². The average Bonchev–Trinajstić information content (AvgIpc) is 2.38. The highest BCUT2D eigenvalue weighted by Crippen LogP contribution is 2.28. The molecule has 0 heterocycles. The Kier molecular flexibility index (Phi) is 4.73. The van der Waals surface area contributed by atoms with E-state index in [2.05, 4.69) is 9.46 Å². The molecular formula is C11H16N2O5S. The molecular weight excluding hydrogens is 272 g/mol. The van der Waals surface area contributed by atoms with Gasteiger partial charge in [0, 0.05) is 5.69 Å². The number of carbonyl (C=O) groups is 1. The number of hydrogen-bond acceptors (Lipinski definition) is 6. The molecule has 0 spiro atoms. The number of esters is 1. The Morgan fingerprint density at radius 1 is 1.37 bits per heavy atom. The zero-order valence-electron chi connectivity index (χ0n) is 10.9. The highest BCUT2D eigenvalue weighted by Gasteiger charge is 2.21. The fraction of sp³-hybridized carbons (Fsp3) is 0.364. The van der Waals surface area contributed by atoms with Gasteiger partial charge in [-0.2, -0.15) is 4.72 Å². The van der Waals surface area contributed by atoms with Gasteiger partial charge in [-0.15, -0.1) is 0 Å². The van der Waals surface area contributed by atoms with Gasteiger partial charge in [0.05, 0.1) is 14.2 Å². The molecule has 1 aromatic rings. The topological polar surface area (TPSA) is 108 Å². The predicted molar refractivity (Wildman–Crippen MR) is 69.3 cm³/mol. The molecule has 0 aliphatic carbocycles. The number of ether oxygens (including phenoxy) is 2. The van der Waals surface area contributed by atoms with E-state index < -0.39 is 22.5 Å². The number of nitrogen functional groups attached to an aromatic ring is 1. The van der Waals surface area contributed by atoms with E-state index in [-0.39, 0.29) is 10.6 Å². The van der Waals surface area contributed by atoms with Crippen LogP contribution in [0.4, 0.5) is 5.69 Å². The van der Waals surface area contributed by atoms with E-state index in [9.17, 15) is 13.2 Å². The number of anilines is 1. The molecule has 0 saturated carbocycles. The number of methoxy groups -OCH3 is 2. The van der Waals surface area contributed by atoms with Crippen LogP contribution < -0.4 is 15.2 Å². The fourth-order valence-electron chi connectivity index (χ4n) is 1.35. The molecule has 106 valence electrons. The summed E-state index contributed by atoms with van der Waals surface area (Å²) in [6, 6.07) is 2.80. The number of benzene rings is 1. The summed E-state index contributed by atoms with van der Waals surface area (Å²) in [6.45, 7) is 1.27. The van der Waals surface area contributed by atoms with Crippen molar-refractivity contribution in [2.24, 2.45) is 0 Å². The van der Waals surface area contributed by atoms with Crippen molar-refractivity contribution < 1.29 is 22.7 Å². The Morgan fingerprint density at radius 2 is 2.00 bits per heavy atom. The number of nitrogens with two attached hydrogens (primary N) is 1. The van der Waals surface area contributed by atoms with Crippen LogP contribution in [0.3, 0.4) is 0 Å². The Morgan fingerprint density at radius 3 is 2.53 bits per heavy atom. The molecule has 1 aromatic carbocycles. The quantitative estimate of drug-likeness (QED) is 0.585. The van der Waals surface area contributed by atoms with Crippen molar-refractivity contribution in [2.45, 2.75) is 11.8 Å². The molecule has 19 heavy (non-hydrogen) atoms. The van der Waals surface area contributed by atoms with Crippen LogP contribution in [0.25, 0.3) is 0 Å². The predicted octanol–water partition coefficient (Wildman–Crippen LogP) is 0.0371. The van der Waals surface area contributed by atoms with Gasteiger partial charge >= 0.3 is 5.97 Å². The summed E-state index contributed by atoms with van der Waals surface area (Å²) in [5, 5.41) is 0. The molecule has 0 aromatic heterocycles. The number of rotatable bonds is 5. The van der Waals surface area contributed by atoms with Gasteiger partial charge in [-0.25, -0.2) is 8.42 Å². The smallest absolute Gasteiger partial charge is 0.320 e. The van der Waals surface area contributed by atoms with Gasteiger partial charge in [-0.3, -0.25) is 4.79 Å². The molecule has 0 saturated heterocycles. The largest absolute Gasteiger partial charge is 0.495 e. The van der Waals surface area contributed by atoms with E-state index in [1.165, 1.54) is 26.4 Å². The lowest BCUT2D eigenvalue weighted by atomic mass is 10.2. The summed E-state index contributed by atoms with van der Waals surface area (Å²) in [5.74, 6) is -0.535. The lowest BCUT2D eigenvalue weighted by Crippen LogP contribution is -2.30. The first kappa shape index (κ1) is 15.3. The van der Waals surface area contributed by atoms with E-state index in [0.717, 1.165) is 0 Å². The molecule has 0 aliphatic heterocycles. The van der Waals surface area contributed by atoms with Gasteiger partial charge in [0.1, 0.15) is 17.2 Å². The monoisotopic (exact) mass is 288 g/mol. The molecule has 0 atom stereocenters. The Bertz CT molecular complexity index is 583. The molecule has 0 fully saturated rings. The van der Waals surface area contributed by atoms with Crippen molar-refractivity contribution in [2.75, 3.05) is 26.5 Å². The van der Waals surface area contributed by atoms with Crippen molar-refractivity contribution in [3.05, 3.63) is 17.7 Å². The third-order valence-corrected chi connectivity index (χ3v) is 3.90. The van der Waals surface area contributed by atoms with Crippen molar-refractivity contribution in [1.29, 1.82) is 0 Å². The van der Waals surface area contributed by atoms with Crippen LogP contribution in [-0.4, -0.2) is 35.2 Å². The lowest BCUT2D eigenvalue weighted by Gasteiger charge is -2.12. The van der Waals surface area contributed by atoms with Gasteiger partial charge in [-0.05, 0) is 24.6 Å². The summed E-state index contributed by atoms with van der Waals surface area (Å²) in [5.41, 5.74) is 6.70. The van der Waals surface area contributed by atoms with Crippen molar-refractivity contribution >= 4 is 21.7 Å². The maximum atomic E-state index is 12.0. The molecule has 3 N–H and O–H groups in total. The summed E-state index contributed by atoms with van der Waals surface area (Å²) < 4.78 is 35.6. The molecule has 0 amide bonds. The summed E-state index contributed by atoms with van der Waals surface area (Å²) in [6.07, 6.45) is 0. The first-order valence-corrected chi connectivity index (χ1v) is 6.80. The van der Waals surface area contributed by atoms with E-state index in [0.29, 0.717) is 11.3 Å². The van der Waals surface area contributed by atoms with Crippen LogP contribution in [0, 0.1) is 6.92 Å². The van der Waals surface area contributed by atoms with Gasteiger partial charge in [0.25, 0.3) is 0 Å². The minimum Gasteiger partial charge on any atom is -0.495 e. The van der Waals surface area contributed by atoms with E-state index in [1.807, 2.05) is 0 Å². The molecule has 1 rings (SSSR count). The van der Waals surface area contributed by atoms with Crippen molar-refractivity contribution in [3.63, 3.8) is 0 Å². The summed E-state index contributed by atoms with van der Waals surface area (Å²) in [4.78, 5) is 10.8. The third-order valence-electron chi connectivity index (χ3n) is 2.48. The second-order valence-corrected chi connectivity index (χ2v) is 5.50. The van der Waals surface area contributed by atoms with Crippen LogP contribution in [0.2, 0.25) is 0 Å². The fourth-order valence-corrected chi connectivity index (χ4v) is 2.50. The molecule has 0 aliphatic rings. The first-order chi connectivity index (χ1) is 8.81. The number of nitrogens with one attached hydrogen (secondary N) is 1. The van der Waals surface area contributed by atoms with E-state index >= 15 is 0 Å². The van der Waals surface area contributed by atoms with Crippen LogP contribution in [0.1, 0.15) is 5.56 Å². The molecule has 7 nitrogen and oxygen atoms in total. The maximum absolute atomic E-state index is 12.0.